The number of fused-ring (bicyclic) bond motifs is 1. The van der Waals surface area contributed by atoms with Crippen LogP contribution in [0.4, 0.5) is 5.69 Å². The van der Waals surface area contributed by atoms with Crippen molar-refractivity contribution in [3.05, 3.63) is 52.5 Å². The Morgan fingerprint density at radius 1 is 1.13 bits per heavy atom. The summed E-state index contributed by atoms with van der Waals surface area (Å²) in [5.74, 6) is 0.138. The summed E-state index contributed by atoms with van der Waals surface area (Å²) in [4.78, 5) is 11.4. The van der Waals surface area contributed by atoms with Crippen molar-refractivity contribution in [1.29, 1.82) is 0 Å². The van der Waals surface area contributed by atoms with Gasteiger partial charge in [-0.25, -0.2) is 0 Å². The van der Waals surface area contributed by atoms with Crippen LogP contribution >= 0.6 is 11.6 Å². The molecule has 0 aromatic heterocycles. The van der Waals surface area contributed by atoms with Gasteiger partial charge in [-0.3, -0.25) is 4.79 Å². The van der Waals surface area contributed by atoms with Gasteiger partial charge < -0.3 is 9.50 Å². The summed E-state index contributed by atoms with van der Waals surface area (Å²) in [6.45, 7) is 1.77. The number of rotatable bonds is 3. The highest BCUT2D eigenvalue weighted by molar-refractivity contribution is 7.87. The van der Waals surface area contributed by atoms with Crippen molar-refractivity contribution in [3.8, 4) is 5.75 Å². The lowest BCUT2D eigenvalue weighted by Crippen LogP contribution is -2.19. The average molecular weight is 352 g/mol. The molecular weight excluding hydrogens is 338 g/mol. The fraction of sp³-hybridized carbons (Fsp3) is 0.188. The van der Waals surface area contributed by atoms with Gasteiger partial charge >= 0.3 is 10.1 Å². The quantitative estimate of drug-likeness (QED) is 0.861. The third-order valence-electron chi connectivity index (χ3n) is 3.60. The summed E-state index contributed by atoms with van der Waals surface area (Å²) >= 11 is 5.92. The third-order valence-corrected chi connectivity index (χ3v) is 5.26. The molecule has 2 aromatic rings. The van der Waals surface area contributed by atoms with Crippen molar-refractivity contribution in [2.75, 3.05) is 5.32 Å². The van der Waals surface area contributed by atoms with Crippen molar-refractivity contribution >= 4 is 33.3 Å². The predicted molar refractivity (Wildman–Crippen MR) is 87.4 cm³/mol. The first-order chi connectivity index (χ1) is 10.8. The minimum Gasteiger partial charge on any atom is -0.379 e. The number of carbonyl (C=O) groups excluding carboxylic acids is 1. The number of hydrogen-bond acceptors (Lipinski definition) is 4. The fourth-order valence-electron chi connectivity index (χ4n) is 2.36. The number of carbonyl (C=O) groups is 1. The Labute approximate surface area is 139 Å². The summed E-state index contributed by atoms with van der Waals surface area (Å²) in [6, 6.07) is 9.19. The van der Waals surface area contributed by atoms with Crippen LogP contribution in [-0.2, 0) is 21.3 Å². The molecule has 1 heterocycles. The van der Waals surface area contributed by atoms with Crippen LogP contribution in [0, 0.1) is 6.92 Å². The normalized spacial score (nSPS) is 14.1. The Balaban J connectivity index is 1.90. The van der Waals surface area contributed by atoms with Crippen molar-refractivity contribution in [2.45, 2.75) is 24.7 Å². The number of aryl methyl sites for hydroxylation is 2. The molecule has 1 aliphatic rings. The van der Waals surface area contributed by atoms with Gasteiger partial charge in [0.15, 0.2) is 0 Å². The summed E-state index contributed by atoms with van der Waals surface area (Å²) in [5, 5.41) is 3.25. The minimum atomic E-state index is -3.95. The van der Waals surface area contributed by atoms with E-state index in [9.17, 15) is 13.2 Å². The van der Waals surface area contributed by atoms with E-state index in [2.05, 4.69) is 5.32 Å². The Bertz CT molecular complexity index is 893. The second kappa shape index (κ2) is 5.86. The molecule has 0 unspecified atom stereocenters. The molecule has 23 heavy (non-hydrogen) atoms. The van der Waals surface area contributed by atoms with E-state index in [0.717, 1.165) is 11.1 Å². The molecule has 0 radical (unpaired) electrons. The highest BCUT2D eigenvalue weighted by Gasteiger charge is 2.21. The molecule has 1 amide bonds. The molecule has 3 rings (SSSR count). The van der Waals surface area contributed by atoms with Crippen LogP contribution in [0.25, 0.3) is 0 Å². The van der Waals surface area contributed by atoms with Gasteiger partial charge in [0.1, 0.15) is 10.6 Å². The van der Waals surface area contributed by atoms with Crippen molar-refractivity contribution in [2.24, 2.45) is 0 Å². The molecule has 0 saturated carbocycles. The van der Waals surface area contributed by atoms with Crippen LogP contribution < -0.4 is 9.50 Å². The summed E-state index contributed by atoms with van der Waals surface area (Å²) in [6.07, 6.45) is 0.846. The van der Waals surface area contributed by atoms with Crippen LogP contribution in [0.5, 0.6) is 5.75 Å². The van der Waals surface area contributed by atoms with Crippen molar-refractivity contribution in [1.82, 2.24) is 0 Å². The van der Waals surface area contributed by atoms with Crippen LogP contribution in [-0.4, -0.2) is 14.3 Å². The lowest BCUT2D eigenvalue weighted by Gasteiger charge is -2.17. The molecular formula is C16H14ClNO4S. The van der Waals surface area contributed by atoms with Gasteiger partial charge in [-0.1, -0.05) is 11.6 Å². The highest BCUT2D eigenvalue weighted by Crippen LogP contribution is 2.28. The maximum absolute atomic E-state index is 12.4. The van der Waals surface area contributed by atoms with E-state index in [-0.39, 0.29) is 16.6 Å². The zero-order valence-corrected chi connectivity index (χ0v) is 13.9. The van der Waals surface area contributed by atoms with E-state index < -0.39 is 10.1 Å². The van der Waals surface area contributed by atoms with Crippen LogP contribution in [0.2, 0.25) is 5.02 Å². The molecule has 7 heteroatoms. The topological polar surface area (TPSA) is 72.5 Å². The Kier molecular flexibility index (Phi) is 4.04. The number of amides is 1. The molecule has 0 atom stereocenters. The zero-order chi connectivity index (χ0) is 16.6. The molecule has 2 aromatic carbocycles. The second-order valence-electron chi connectivity index (χ2n) is 5.32. The smallest absolute Gasteiger partial charge is 0.339 e. The SMILES string of the molecule is Cc1cc(OS(=O)(=O)c2ccc3c(c2)CCC(=O)N3)ccc1Cl. The van der Waals surface area contributed by atoms with Crippen molar-refractivity contribution in [3.63, 3.8) is 0 Å². The maximum atomic E-state index is 12.4. The number of halogens is 1. The van der Waals surface area contributed by atoms with E-state index in [4.69, 9.17) is 15.8 Å². The van der Waals surface area contributed by atoms with E-state index in [1.807, 2.05) is 0 Å². The third kappa shape index (κ3) is 3.33. The van der Waals surface area contributed by atoms with Gasteiger partial charge in [-0.15, -0.1) is 0 Å². The largest absolute Gasteiger partial charge is 0.379 e. The second-order valence-corrected chi connectivity index (χ2v) is 7.27. The first kappa shape index (κ1) is 15.8. The van der Waals surface area contributed by atoms with E-state index in [1.165, 1.54) is 18.2 Å². The van der Waals surface area contributed by atoms with Gasteiger partial charge in [0.05, 0.1) is 0 Å². The molecule has 1 aliphatic heterocycles. The van der Waals surface area contributed by atoms with E-state index in [0.29, 0.717) is 23.6 Å². The number of nitrogens with one attached hydrogen (secondary N) is 1. The van der Waals surface area contributed by atoms with Crippen molar-refractivity contribution < 1.29 is 17.4 Å². The monoisotopic (exact) mass is 351 g/mol. The first-order valence-corrected chi connectivity index (χ1v) is 8.77. The van der Waals surface area contributed by atoms with Crippen LogP contribution in [0.1, 0.15) is 17.5 Å². The molecule has 0 fully saturated rings. The Morgan fingerprint density at radius 3 is 2.65 bits per heavy atom. The van der Waals surface area contributed by atoms with Gasteiger partial charge in [-0.05, 0) is 60.9 Å². The number of anilines is 1. The first-order valence-electron chi connectivity index (χ1n) is 6.98. The molecule has 120 valence electrons. The van der Waals surface area contributed by atoms with Gasteiger partial charge in [0, 0.05) is 17.1 Å². The standard InChI is InChI=1S/C16H14ClNO4S/c1-10-8-12(3-5-14(10)17)22-23(20,21)13-4-6-15-11(9-13)2-7-16(19)18-15/h3-6,8-9H,2,7H2,1H3,(H,18,19). The minimum absolute atomic E-state index is 0.0556. The maximum Gasteiger partial charge on any atom is 0.339 e. The molecule has 0 bridgehead atoms. The average Bonchev–Trinajstić information content (AvgIpc) is 2.50. The van der Waals surface area contributed by atoms with E-state index in [1.54, 1.807) is 25.1 Å². The predicted octanol–water partition coefficient (Wildman–Crippen LogP) is 3.30. The zero-order valence-electron chi connectivity index (χ0n) is 12.3. The molecule has 1 N–H and O–H groups in total. The lowest BCUT2D eigenvalue weighted by atomic mass is 10.0. The molecule has 0 aliphatic carbocycles. The Hall–Kier alpha value is -2.05. The fourth-order valence-corrected chi connectivity index (χ4v) is 3.45. The summed E-state index contributed by atoms with van der Waals surface area (Å²) in [5.41, 5.74) is 2.15. The molecule has 0 spiro atoms. The van der Waals surface area contributed by atoms with E-state index >= 15 is 0 Å². The van der Waals surface area contributed by atoms with Crippen LogP contribution in [0.15, 0.2) is 41.3 Å². The number of hydrogen-bond donors (Lipinski definition) is 1. The summed E-state index contributed by atoms with van der Waals surface area (Å²) < 4.78 is 30.0. The highest BCUT2D eigenvalue weighted by atomic mass is 35.5. The van der Waals surface area contributed by atoms with Gasteiger partial charge in [0.25, 0.3) is 0 Å². The molecule has 0 saturated heterocycles. The number of benzene rings is 2. The van der Waals surface area contributed by atoms with Gasteiger partial charge in [0.2, 0.25) is 5.91 Å². The molecule has 5 nitrogen and oxygen atoms in total. The summed E-state index contributed by atoms with van der Waals surface area (Å²) in [7, 11) is -3.95. The Morgan fingerprint density at radius 2 is 1.91 bits per heavy atom. The van der Waals surface area contributed by atoms with Crippen LogP contribution in [0.3, 0.4) is 0 Å². The lowest BCUT2D eigenvalue weighted by molar-refractivity contribution is -0.116. The van der Waals surface area contributed by atoms with Gasteiger partial charge in [-0.2, -0.15) is 8.42 Å².